The standard InChI is InChI=1S/C29H36.C28H34/c1-3-5-7-9-25-10-12-26(13-11-25)14-15-27-18-22-29(23-19-27)28-20-16-24(17-21-28)8-6-4-2;1-3-5-6-8-24-9-11-25(12-10-24)13-14-26-17-21-28(22-18-26)27-19-15-23(7-4-2)16-20-27/h10-13,16-18,20-21,29H,3-9,19,22-23H2,1-2H3;9-12,15-17,19-20,28H,3-8,18,21-22H2,1-2H3. The molecule has 57 heavy (non-hydrogen) atoms. The lowest BCUT2D eigenvalue weighted by Gasteiger charge is -2.20. The summed E-state index contributed by atoms with van der Waals surface area (Å²) in [6.07, 6.45) is 27.9. The normalized spacial score (nSPS) is 16.1. The van der Waals surface area contributed by atoms with E-state index in [9.17, 15) is 0 Å². The summed E-state index contributed by atoms with van der Waals surface area (Å²) < 4.78 is 0. The predicted octanol–water partition coefficient (Wildman–Crippen LogP) is 15.6. The zero-order valence-corrected chi connectivity index (χ0v) is 36.0. The molecule has 4 aromatic carbocycles. The molecule has 0 radical (unpaired) electrons. The number of hydrogen-bond donors (Lipinski definition) is 0. The van der Waals surface area contributed by atoms with E-state index in [1.807, 2.05) is 0 Å². The van der Waals surface area contributed by atoms with E-state index >= 15 is 0 Å². The van der Waals surface area contributed by atoms with Crippen molar-refractivity contribution in [2.24, 2.45) is 0 Å². The van der Waals surface area contributed by atoms with Gasteiger partial charge in [-0.15, -0.1) is 0 Å². The molecule has 0 N–H and O–H groups in total. The summed E-state index contributed by atoms with van der Waals surface area (Å²) in [7, 11) is 0. The Kier molecular flexibility index (Phi) is 19.1. The van der Waals surface area contributed by atoms with Gasteiger partial charge in [0.15, 0.2) is 0 Å². The van der Waals surface area contributed by atoms with Gasteiger partial charge < -0.3 is 0 Å². The second-order valence-electron chi connectivity index (χ2n) is 16.5. The van der Waals surface area contributed by atoms with Crippen LogP contribution in [0.1, 0.15) is 180 Å². The van der Waals surface area contributed by atoms with Gasteiger partial charge in [0.05, 0.1) is 0 Å². The first-order chi connectivity index (χ1) is 28.1. The predicted molar refractivity (Wildman–Crippen MR) is 248 cm³/mol. The molecular weight excluding hydrogens is 685 g/mol. The van der Waals surface area contributed by atoms with Crippen molar-refractivity contribution in [3.8, 4) is 23.7 Å². The quantitative estimate of drug-likeness (QED) is 0.0837. The third-order valence-corrected chi connectivity index (χ3v) is 11.9. The molecule has 0 spiro atoms. The van der Waals surface area contributed by atoms with Gasteiger partial charge in [-0.25, -0.2) is 0 Å². The van der Waals surface area contributed by atoms with E-state index in [0.29, 0.717) is 11.8 Å². The average Bonchev–Trinajstić information content (AvgIpc) is 3.26. The molecule has 0 saturated heterocycles. The monoisotopic (exact) mass is 755 g/mol. The van der Waals surface area contributed by atoms with E-state index in [1.54, 1.807) is 0 Å². The van der Waals surface area contributed by atoms with E-state index in [1.165, 1.54) is 141 Å². The molecule has 2 unspecified atom stereocenters. The van der Waals surface area contributed by atoms with E-state index in [4.69, 9.17) is 0 Å². The van der Waals surface area contributed by atoms with Crippen LogP contribution >= 0.6 is 0 Å². The minimum absolute atomic E-state index is 0.656. The van der Waals surface area contributed by atoms with Crippen molar-refractivity contribution in [3.63, 3.8) is 0 Å². The summed E-state index contributed by atoms with van der Waals surface area (Å²) in [6.45, 7) is 9.01. The van der Waals surface area contributed by atoms with Gasteiger partial charge in [-0.1, -0.05) is 175 Å². The second-order valence-corrected chi connectivity index (χ2v) is 16.5. The smallest absolute Gasteiger partial charge is 0.0249 e. The molecule has 298 valence electrons. The van der Waals surface area contributed by atoms with Crippen LogP contribution in [0.3, 0.4) is 0 Å². The molecule has 4 aromatic rings. The first-order valence-electron chi connectivity index (χ1n) is 22.8. The lowest BCUT2D eigenvalue weighted by Crippen LogP contribution is -2.04. The van der Waals surface area contributed by atoms with Gasteiger partial charge in [0, 0.05) is 11.1 Å². The van der Waals surface area contributed by atoms with Crippen molar-refractivity contribution < 1.29 is 0 Å². The molecule has 0 saturated carbocycles. The van der Waals surface area contributed by atoms with Crippen molar-refractivity contribution >= 4 is 0 Å². The number of hydrogen-bond acceptors (Lipinski definition) is 0. The van der Waals surface area contributed by atoms with E-state index in [0.717, 1.165) is 36.8 Å². The number of rotatable bonds is 15. The van der Waals surface area contributed by atoms with Crippen LogP contribution in [0.5, 0.6) is 0 Å². The highest BCUT2D eigenvalue weighted by atomic mass is 14.2. The highest BCUT2D eigenvalue weighted by molar-refractivity contribution is 5.44. The molecule has 2 atom stereocenters. The maximum Gasteiger partial charge on any atom is 0.0249 e. The lowest BCUT2D eigenvalue weighted by atomic mass is 9.84. The summed E-state index contributed by atoms with van der Waals surface area (Å²) in [5.41, 5.74) is 13.7. The zero-order chi connectivity index (χ0) is 39.9. The summed E-state index contributed by atoms with van der Waals surface area (Å²) >= 11 is 0. The molecule has 0 heteroatoms. The van der Waals surface area contributed by atoms with Crippen LogP contribution in [-0.2, 0) is 25.7 Å². The number of aryl methyl sites for hydroxylation is 4. The third kappa shape index (κ3) is 15.4. The van der Waals surface area contributed by atoms with Crippen molar-refractivity contribution in [1.29, 1.82) is 0 Å². The van der Waals surface area contributed by atoms with Gasteiger partial charge in [0.2, 0.25) is 0 Å². The van der Waals surface area contributed by atoms with Gasteiger partial charge in [-0.05, 0) is 164 Å². The summed E-state index contributed by atoms with van der Waals surface area (Å²) in [5.74, 6) is 14.9. The van der Waals surface area contributed by atoms with Gasteiger partial charge in [0.25, 0.3) is 0 Å². The first kappa shape index (κ1) is 43.6. The molecular formula is C57H70. The van der Waals surface area contributed by atoms with Crippen LogP contribution < -0.4 is 0 Å². The molecule has 2 aliphatic carbocycles. The van der Waals surface area contributed by atoms with Crippen molar-refractivity contribution in [2.45, 2.75) is 162 Å². The fourth-order valence-corrected chi connectivity index (χ4v) is 8.06. The Hall–Kier alpha value is -4.52. The van der Waals surface area contributed by atoms with E-state index in [-0.39, 0.29) is 0 Å². The Morgan fingerprint density at radius 1 is 0.386 bits per heavy atom. The van der Waals surface area contributed by atoms with Crippen molar-refractivity contribution in [1.82, 2.24) is 0 Å². The van der Waals surface area contributed by atoms with Crippen LogP contribution in [0.2, 0.25) is 0 Å². The van der Waals surface area contributed by atoms with Crippen LogP contribution in [-0.4, -0.2) is 0 Å². The molecule has 0 bridgehead atoms. The summed E-state index contributed by atoms with van der Waals surface area (Å²) in [5, 5.41) is 0. The van der Waals surface area contributed by atoms with Gasteiger partial charge in [-0.3, -0.25) is 0 Å². The Labute approximate surface area is 348 Å². The second kappa shape index (κ2) is 25.0. The topological polar surface area (TPSA) is 0 Å². The highest BCUT2D eigenvalue weighted by Crippen LogP contribution is 2.33. The molecule has 6 rings (SSSR count). The third-order valence-electron chi connectivity index (χ3n) is 11.9. The molecule has 0 heterocycles. The molecule has 0 aromatic heterocycles. The molecule has 0 nitrogen and oxygen atoms in total. The first-order valence-corrected chi connectivity index (χ1v) is 22.8. The van der Waals surface area contributed by atoms with Gasteiger partial charge in [-0.2, -0.15) is 0 Å². The number of benzene rings is 4. The Morgan fingerprint density at radius 3 is 1.11 bits per heavy atom. The maximum absolute atomic E-state index is 3.43. The van der Waals surface area contributed by atoms with Crippen molar-refractivity contribution in [2.75, 3.05) is 0 Å². The van der Waals surface area contributed by atoms with Crippen LogP contribution in [0, 0.1) is 23.7 Å². The molecule has 0 aliphatic heterocycles. The van der Waals surface area contributed by atoms with E-state index in [2.05, 4.69) is 161 Å². The minimum Gasteiger partial charge on any atom is -0.0723 e. The fourth-order valence-electron chi connectivity index (χ4n) is 8.06. The molecule has 2 aliphatic rings. The minimum atomic E-state index is 0.656. The highest BCUT2D eigenvalue weighted by Gasteiger charge is 2.16. The zero-order valence-electron chi connectivity index (χ0n) is 36.0. The average molecular weight is 755 g/mol. The fraction of sp³-hybridized carbons (Fsp3) is 0.439. The molecule has 0 amide bonds. The summed E-state index contributed by atoms with van der Waals surface area (Å²) in [4.78, 5) is 0. The van der Waals surface area contributed by atoms with Crippen LogP contribution in [0.25, 0.3) is 0 Å². The lowest BCUT2D eigenvalue weighted by molar-refractivity contribution is 0.607. The number of unbranched alkanes of at least 4 members (excludes halogenated alkanes) is 5. The van der Waals surface area contributed by atoms with Crippen LogP contribution in [0.15, 0.2) is 120 Å². The Bertz CT molecular complexity index is 1930. The maximum atomic E-state index is 3.43. The molecule has 0 fully saturated rings. The van der Waals surface area contributed by atoms with Crippen LogP contribution in [0.4, 0.5) is 0 Å². The summed E-state index contributed by atoms with van der Waals surface area (Å²) in [6, 6.07) is 36.3. The largest absolute Gasteiger partial charge is 0.0723 e. The van der Waals surface area contributed by atoms with Gasteiger partial charge >= 0.3 is 0 Å². The Morgan fingerprint density at radius 2 is 0.754 bits per heavy atom. The Balaban J connectivity index is 0.000000218. The SMILES string of the molecule is CCCCCc1ccc(C#CC2=CCC(c3ccc(CCC)cc3)CC2)cc1.CCCCCc1ccc(C#CC2=CCC(c3ccc(CCCC)cc3)CC2)cc1. The van der Waals surface area contributed by atoms with E-state index < -0.39 is 0 Å². The number of allylic oxidation sites excluding steroid dienone is 4. The van der Waals surface area contributed by atoms with Gasteiger partial charge in [0.1, 0.15) is 0 Å². The van der Waals surface area contributed by atoms with Crippen molar-refractivity contribution in [3.05, 3.63) is 165 Å².